The lowest BCUT2D eigenvalue weighted by atomic mass is 9.94. The van der Waals surface area contributed by atoms with Gasteiger partial charge in [0, 0.05) is 19.4 Å². The summed E-state index contributed by atoms with van der Waals surface area (Å²) in [6.45, 7) is 11.9. The topological polar surface area (TPSA) is 44.8 Å². The van der Waals surface area contributed by atoms with Crippen molar-refractivity contribution in [2.24, 2.45) is 0 Å². The van der Waals surface area contributed by atoms with Gasteiger partial charge in [-0.2, -0.15) is 0 Å². The van der Waals surface area contributed by atoms with Gasteiger partial charge >= 0.3 is 0 Å². The minimum atomic E-state index is -1.84. The predicted octanol–water partition coefficient (Wildman–Crippen LogP) is 4.04. The molecule has 2 rings (SSSR count). The Labute approximate surface area is 136 Å². The quantitative estimate of drug-likeness (QED) is 0.731. The average Bonchev–Trinajstić information content (AvgIpc) is 2.37. The minimum absolute atomic E-state index is 0.00994. The van der Waals surface area contributed by atoms with Crippen molar-refractivity contribution in [3.8, 4) is 0 Å². The zero-order chi connectivity index (χ0) is 16.4. The molecule has 0 radical (unpaired) electrons. The predicted molar refractivity (Wildman–Crippen MR) is 89.4 cm³/mol. The number of ketones is 1. The van der Waals surface area contributed by atoms with E-state index in [1.165, 1.54) is 0 Å². The fourth-order valence-electron chi connectivity index (χ4n) is 2.87. The molecule has 1 saturated carbocycles. The molecular weight excluding hydrogens is 296 g/mol. The fourth-order valence-corrected chi connectivity index (χ4v) is 4.24. The summed E-state index contributed by atoms with van der Waals surface area (Å²) in [4.78, 5) is 12.1. The molecule has 0 amide bonds. The van der Waals surface area contributed by atoms with Crippen LogP contribution in [0.1, 0.15) is 59.3 Å². The van der Waals surface area contributed by atoms with Gasteiger partial charge in [0.1, 0.15) is 5.78 Å². The molecule has 4 nitrogen and oxygen atoms in total. The van der Waals surface area contributed by atoms with E-state index in [0.717, 1.165) is 32.3 Å². The van der Waals surface area contributed by atoms with Crippen molar-refractivity contribution in [3.63, 3.8) is 0 Å². The standard InChI is InChI=1S/C17H32O4Si/c1-17(2,3)22(4,5)21-15-11-13(18)10-14(12-15)20-16-8-6-7-9-19-16/h14-16H,6-12H2,1-5H3/t14-,15+,16?/m1/s1. The molecule has 0 bridgehead atoms. The average molecular weight is 329 g/mol. The van der Waals surface area contributed by atoms with Crippen LogP contribution in [0.15, 0.2) is 0 Å². The Kier molecular flexibility index (Phi) is 5.86. The van der Waals surface area contributed by atoms with E-state index >= 15 is 0 Å². The zero-order valence-corrected chi connectivity index (χ0v) is 15.8. The van der Waals surface area contributed by atoms with E-state index in [1.807, 2.05) is 0 Å². The summed E-state index contributed by atoms with van der Waals surface area (Å²) in [5.74, 6) is 0.260. The summed E-state index contributed by atoms with van der Waals surface area (Å²) in [6.07, 6.45) is 4.91. The summed E-state index contributed by atoms with van der Waals surface area (Å²) in [7, 11) is -1.84. The lowest BCUT2D eigenvalue weighted by Crippen LogP contribution is -2.47. The van der Waals surface area contributed by atoms with Gasteiger partial charge < -0.3 is 13.9 Å². The molecular formula is C17H32O4Si. The number of carbonyl (C=O) groups is 1. The Balaban J connectivity index is 1.91. The molecule has 0 aromatic heterocycles. The molecule has 1 unspecified atom stereocenters. The van der Waals surface area contributed by atoms with Gasteiger partial charge in [-0.1, -0.05) is 20.8 Å². The summed E-state index contributed by atoms with van der Waals surface area (Å²) in [5, 5.41) is 0.163. The SMILES string of the molecule is CC(C)(C)[Si](C)(C)O[C@H]1CC(=O)C[C@@H](OC2CCCCO2)C1. The van der Waals surface area contributed by atoms with Gasteiger partial charge in [0.25, 0.3) is 0 Å². The van der Waals surface area contributed by atoms with E-state index in [2.05, 4.69) is 33.9 Å². The van der Waals surface area contributed by atoms with Gasteiger partial charge in [0.15, 0.2) is 14.6 Å². The van der Waals surface area contributed by atoms with Crippen LogP contribution in [0.2, 0.25) is 18.1 Å². The van der Waals surface area contributed by atoms with E-state index < -0.39 is 8.32 Å². The van der Waals surface area contributed by atoms with Gasteiger partial charge in [-0.05, 0) is 43.8 Å². The fraction of sp³-hybridized carbons (Fsp3) is 0.941. The maximum absolute atomic E-state index is 12.1. The van der Waals surface area contributed by atoms with Crippen molar-refractivity contribution in [1.29, 1.82) is 0 Å². The number of hydrogen-bond acceptors (Lipinski definition) is 4. The summed E-state index contributed by atoms with van der Waals surface area (Å²) in [5.41, 5.74) is 0. The Morgan fingerprint density at radius 1 is 1.14 bits per heavy atom. The molecule has 0 aromatic carbocycles. The van der Waals surface area contributed by atoms with Crippen LogP contribution in [-0.2, 0) is 18.7 Å². The lowest BCUT2D eigenvalue weighted by Gasteiger charge is -2.41. The largest absolute Gasteiger partial charge is 0.413 e. The first-order valence-electron chi connectivity index (χ1n) is 8.64. The van der Waals surface area contributed by atoms with Crippen LogP contribution in [0, 0.1) is 0 Å². The summed E-state index contributed by atoms with van der Waals surface area (Å²) in [6, 6.07) is 0. The number of carbonyl (C=O) groups excluding carboxylic acids is 1. The molecule has 1 saturated heterocycles. The minimum Gasteiger partial charge on any atom is -0.413 e. The molecule has 1 heterocycles. The normalized spacial score (nSPS) is 31.3. The van der Waals surface area contributed by atoms with Crippen molar-refractivity contribution < 1.29 is 18.7 Å². The highest BCUT2D eigenvalue weighted by molar-refractivity contribution is 6.74. The maximum Gasteiger partial charge on any atom is 0.192 e. The molecule has 1 aliphatic heterocycles. The van der Waals surface area contributed by atoms with Crippen LogP contribution in [0.3, 0.4) is 0 Å². The highest BCUT2D eigenvalue weighted by Gasteiger charge is 2.41. The highest BCUT2D eigenvalue weighted by atomic mass is 28.4. The van der Waals surface area contributed by atoms with E-state index in [4.69, 9.17) is 13.9 Å². The Bertz CT molecular complexity index is 383. The van der Waals surface area contributed by atoms with Crippen molar-refractivity contribution in [1.82, 2.24) is 0 Å². The highest BCUT2D eigenvalue weighted by Crippen LogP contribution is 2.39. The van der Waals surface area contributed by atoms with Gasteiger partial charge in [-0.3, -0.25) is 4.79 Å². The van der Waals surface area contributed by atoms with Crippen LogP contribution >= 0.6 is 0 Å². The third-order valence-electron chi connectivity index (χ3n) is 5.19. The van der Waals surface area contributed by atoms with Crippen molar-refractivity contribution in [3.05, 3.63) is 0 Å². The molecule has 0 aromatic rings. The van der Waals surface area contributed by atoms with Crippen LogP contribution in [-0.4, -0.2) is 39.2 Å². The second-order valence-electron chi connectivity index (χ2n) is 8.24. The molecule has 5 heteroatoms. The van der Waals surface area contributed by atoms with Crippen LogP contribution in [0.25, 0.3) is 0 Å². The number of Topliss-reactive ketones (excluding diaryl/α,β-unsaturated/α-hetero) is 1. The van der Waals surface area contributed by atoms with Gasteiger partial charge in [0.2, 0.25) is 0 Å². The van der Waals surface area contributed by atoms with Crippen LogP contribution in [0.4, 0.5) is 0 Å². The Morgan fingerprint density at radius 3 is 2.41 bits per heavy atom. The molecule has 128 valence electrons. The monoisotopic (exact) mass is 328 g/mol. The summed E-state index contributed by atoms with van der Waals surface area (Å²) < 4.78 is 18.1. The zero-order valence-electron chi connectivity index (χ0n) is 14.8. The number of hydrogen-bond donors (Lipinski definition) is 0. The van der Waals surface area contributed by atoms with Gasteiger partial charge in [-0.25, -0.2) is 0 Å². The van der Waals surface area contributed by atoms with Crippen LogP contribution in [0.5, 0.6) is 0 Å². The molecule has 3 atom stereocenters. The lowest BCUT2D eigenvalue weighted by molar-refractivity contribution is -0.197. The van der Waals surface area contributed by atoms with Crippen molar-refractivity contribution in [2.45, 2.75) is 95.9 Å². The van der Waals surface area contributed by atoms with Crippen molar-refractivity contribution in [2.75, 3.05) is 6.61 Å². The first-order valence-corrected chi connectivity index (χ1v) is 11.5. The second-order valence-corrected chi connectivity index (χ2v) is 13.0. The third kappa shape index (κ3) is 4.88. The van der Waals surface area contributed by atoms with Crippen molar-refractivity contribution >= 4 is 14.1 Å². The molecule has 1 aliphatic carbocycles. The molecule has 0 spiro atoms. The number of ether oxygens (including phenoxy) is 2. The molecule has 2 fully saturated rings. The second kappa shape index (κ2) is 7.12. The van der Waals surface area contributed by atoms with E-state index in [9.17, 15) is 4.79 Å². The molecule has 2 aliphatic rings. The maximum atomic E-state index is 12.1. The summed E-state index contributed by atoms with van der Waals surface area (Å²) >= 11 is 0. The van der Waals surface area contributed by atoms with E-state index in [1.54, 1.807) is 0 Å². The third-order valence-corrected chi connectivity index (χ3v) is 9.72. The number of rotatable bonds is 4. The first kappa shape index (κ1) is 18.1. The van der Waals surface area contributed by atoms with E-state index in [0.29, 0.717) is 12.8 Å². The van der Waals surface area contributed by atoms with E-state index in [-0.39, 0.29) is 29.3 Å². The first-order chi connectivity index (χ1) is 10.2. The molecule has 0 N–H and O–H groups in total. The smallest absolute Gasteiger partial charge is 0.192 e. The Hall–Kier alpha value is -0.233. The van der Waals surface area contributed by atoms with Crippen LogP contribution < -0.4 is 0 Å². The molecule has 22 heavy (non-hydrogen) atoms. The Morgan fingerprint density at radius 2 is 1.82 bits per heavy atom. The van der Waals surface area contributed by atoms with Gasteiger partial charge in [0.05, 0.1) is 12.2 Å². The van der Waals surface area contributed by atoms with Gasteiger partial charge in [-0.15, -0.1) is 0 Å².